The van der Waals surface area contributed by atoms with E-state index in [9.17, 15) is 28.8 Å². The number of ether oxygens (including phenoxy) is 2. The number of hydrogen-bond acceptors (Lipinski definition) is 8. The highest BCUT2D eigenvalue weighted by atomic mass is 16.5. The standard InChI is InChI=1S/C54H67N3O8/c1-34(2)42(32-50(60)64-8)52(62)55-28-10-12-46(55)48(58)30-36-14-18-38(19-15-36)44-26-27-45(57(44)41-24-22-40(23-25-41)54(5,6)7)39-20-16-37(17-21-39)31-49(59)47-13-11-29-56(47)53(63)43(35(3)4)33-51(61)65-9/h14-27,34-35,42-43,46-47H,10-13,28-33H2,1-9H3/t42-,43-,46-,47-/m0/s1. The summed E-state index contributed by atoms with van der Waals surface area (Å²) in [6.07, 6.45) is 3.05. The molecule has 3 aromatic carbocycles. The number of hydrogen-bond donors (Lipinski definition) is 0. The Morgan fingerprint density at radius 1 is 0.569 bits per heavy atom. The van der Waals surface area contributed by atoms with Gasteiger partial charge in [0.25, 0.3) is 0 Å². The summed E-state index contributed by atoms with van der Waals surface area (Å²) < 4.78 is 12.0. The molecule has 6 rings (SSSR count). The maximum atomic E-state index is 13.8. The van der Waals surface area contributed by atoms with E-state index in [-0.39, 0.29) is 66.3 Å². The van der Waals surface area contributed by atoms with E-state index in [4.69, 9.17) is 9.47 Å². The Morgan fingerprint density at radius 2 is 0.954 bits per heavy atom. The molecule has 0 saturated carbocycles. The van der Waals surface area contributed by atoms with Gasteiger partial charge in [0.1, 0.15) is 0 Å². The fourth-order valence-corrected chi connectivity index (χ4v) is 9.40. The molecule has 2 saturated heterocycles. The molecule has 4 atom stereocenters. The van der Waals surface area contributed by atoms with Crippen LogP contribution in [-0.2, 0) is 56.5 Å². The molecule has 2 fully saturated rings. The van der Waals surface area contributed by atoms with Gasteiger partial charge in [0.2, 0.25) is 11.8 Å². The fraction of sp³-hybridized carbons (Fsp3) is 0.481. The maximum absolute atomic E-state index is 13.8. The Bertz CT molecular complexity index is 2200. The lowest BCUT2D eigenvalue weighted by molar-refractivity contribution is -0.149. The van der Waals surface area contributed by atoms with Gasteiger partial charge in [-0.1, -0.05) is 109 Å². The van der Waals surface area contributed by atoms with E-state index in [1.165, 1.54) is 19.8 Å². The summed E-state index contributed by atoms with van der Waals surface area (Å²) in [5.41, 5.74) is 7.78. The first-order chi connectivity index (χ1) is 30.9. The zero-order valence-electron chi connectivity index (χ0n) is 39.7. The van der Waals surface area contributed by atoms with Gasteiger partial charge in [0.15, 0.2) is 11.6 Å². The number of rotatable bonds is 17. The van der Waals surface area contributed by atoms with Crippen LogP contribution in [0.25, 0.3) is 28.2 Å². The van der Waals surface area contributed by atoms with Gasteiger partial charge in [-0.05, 0) is 95.0 Å². The molecule has 346 valence electrons. The van der Waals surface area contributed by atoms with Crippen LogP contribution < -0.4 is 0 Å². The number of Topliss-reactive ketones (excluding diaryl/α,β-unsaturated/α-hetero) is 2. The SMILES string of the molecule is COC(=O)C[C@H](C(=O)N1CCC[C@H]1C(=O)Cc1ccc(-c2ccc(-c3ccc(CC(=O)[C@@H]4CCCN4C(=O)[C@@H](CC(=O)OC)C(C)C)cc3)n2-c2ccc(C(C)(C)C)cc2)cc1)C(C)C. The lowest BCUT2D eigenvalue weighted by atomic mass is 9.87. The topological polar surface area (TPSA) is 132 Å². The van der Waals surface area contributed by atoms with Gasteiger partial charge in [-0.3, -0.25) is 28.8 Å². The summed E-state index contributed by atoms with van der Waals surface area (Å²) >= 11 is 0. The van der Waals surface area contributed by atoms with Crippen LogP contribution in [-0.4, -0.2) is 89.1 Å². The third-order valence-corrected chi connectivity index (χ3v) is 13.4. The Kier molecular flexibility index (Phi) is 15.7. The van der Waals surface area contributed by atoms with Crippen LogP contribution in [0.15, 0.2) is 84.9 Å². The average Bonchev–Trinajstić information content (AvgIpc) is 4.08. The molecule has 4 aromatic rings. The number of ketones is 2. The van der Waals surface area contributed by atoms with E-state index in [1.807, 2.05) is 76.2 Å². The molecule has 11 heteroatoms. The van der Waals surface area contributed by atoms with Crippen LogP contribution in [0.1, 0.15) is 104 Å². The molecular weight excluding hydrogens is 819 g/mol. The molecule has 65 heavy (non-hydrogen) atoms. The monoisotopic (exact) mass is 885 g/mol. The van der Waals surface area contributed by atoms with Crippen LogP contribution in [0.5, 0.6) is 0 Å². The highest BCUT2D eigenvalue weighted by molar-refractivity contribution is 5.94. The molecule has 11 nitrogen and oxygen atoms in total. The minimum Gasteiger partial charge on any atom is -0.469 e. The summed E-state index contributed by atoms with van der Waals surface area (Å²) in [7, 11) is 2.64. The number of aromatic nitrogens is 1. The molecule has 0 aliphatic carbocycles. The third kappa shape index (κ3) is 11.3. The molecular formula is C54H67N3O8. The second-order valence-corrected chi connectivity index (χ2v) is 19.6. The predicted octanol–water partition coefficient (Wildman–Crippen LogP) is 8.98. The predicted molar refractivity (Wildman–Crippen MR) is 252 cm³/mol. The van der Waals surface area contributed by atoms with Crippen molar-refractivity contribution in [1.29, 1.82) is 0 Å². The van der Waals surface area contributed by atoms with E-state index in [0.717, 1.165) is 52.2 Å². The molecule has 0 bridgehead atoms. The first kappa shape index (κ1) is 48.6. The first-order valence-electron chi connectivity index (χ1n) is 23.2. The number of nitrogens with zero attached hydrogens (tertiary/aromatic N) is 3. The normalized spacial score (nSPS) is 17.3. The van der Waals surface area contributed by atoms with E-state index in [0.29, 0.717) is 25.9 Å². The number of likely N-dealkylation sites (tertiary alicyclic amines) is 2. The molecule has 3 heterocycles. The highest BCUT2D eigenvalue weighted by Gasteiger charge is 2.40. The van der Waals surface area contributed by atoms with Crippen molar-refractivity contribution in [3.63, 3.8) is 0 Å². The zero-order chi connectivity index (χ0) is 47.2. The first-order valence-corrected chi connectivity index (χ1v) is 23.2. The van der Waals surface area contributed by atoms with Crippen molar-refractivity contribution in [2.45, 2.75) is 117 Å². The number of esters is 2. The van der Waals surface area contributed by atoms with Gasteiger partial charge in [0.05, 0.1) is 62.4 Å². The minimum atomic E-state index is -0.542. The summed E-state index contributed by atoms with van der Waals surface area (Å²) in [5.74, 6) is -2.44. The Balaban J connectivity index is 1.22. The van der Waals surface area contributed by atoms with Gasteiger partial charge in [-0.15, -0.1) is 0 Å². The number of carbonyl (C=O) groups is 6. The number of amides is 2. The largest absolute Gasteiger partial charge is 0.469 e. The average molecular weight is 886 g/mol. The smallest absolute Gasteiger partial charge is 0.306 e. The van der Waals surface area contributed by atoms with Gasteiger partial charge >= 0.3 is 11.9 Å². The highest BCUT2D eigenvalue weighted by Crippen LogP contribution is 2.35. The van der Waals surface area contributed by atoms with Crippen molar-refractivity contribution < 1.29 is 38.2 Å². The van der Waals surface area contributed by atoms with E-state index >= 15 is 0 Å². The molecule has 1 aromatic heterocycles. The maximum Gasteiger partial charge on any atom is 0.306 e. The van der Waals surface area contributed by atoms with E-state index < -0.39 is 35.9 Å². The summed E-state index contributed by atoms with van der Waals surface area (Å²) in [6, 6.07) is 27.8. The van der Waals surface area contributed by atoms with Crippen LogP contribution >= 0.6 is 0 Å². The van der Waals surface area contributed by atoms with Gasteiger partial charge in [-0.25, -0.2) is 0 Å². The molecule has 2 aliphatic heterocycles. The fourth-order valence-electron chi connectivity index (χ4n) is 9.40. The van der Waals surface area contributed by atoms with Crippen LogP contribution in [0, 0.1) is 23.7 Å². The Morgan fingerprint density at radius 3 is 1.29 bits per heavy atom. The molecule has 2 aliphatic rings. The Hall–Kier alpha value is -5.84. The van der Waals surface area contributed by atoms with Gasteiger partial charge in [0, 0.05) is 31.6 Å². The quantitative estimate of drug-likeness (QED) is 0.0961. The van der Waals surface area contributed by atoms with Crippen molar-refractivity contribution in [2.24, 2.45) is 23.7 Å². The third-order valence-electron chi connectivity index (χ3n) is 13.4. The van der Waals surface area contributed by atoms with Crippen molar-refractivity contribution >= 4 is 35.3 Å². The van der Waals surface area contributed by atoms with Crippen molar-refractivity contribution in [2.75, 3.05) is 27.3 Å². The van der Waals surface area contributed by atoms with Crippen LogP contribution in [0.2, 0.25) is 0 Å². The van der Waals surface area contributed by atoms with E-state index in [1.54, 1.807) is 9.80 Å². The summed E-state index contributed by atoms with van der Waals surface area (Å²) in [6.45, 7) is 15.2. The Labute approximate surface area is 384 Å². The number of carbonyl (C=O) groups excluding carboxylic acids is 6. The summed E-state index contributed by atoms with van der Waals surface area (Å²) in [5, 5.41) is 0. The van der Waals surface area contributed by atoms with Gasteiger partial charge < -0.3 is 23.8 Å². The van der Waals surface area contributed by atoms with Gasteiger partial charge in [-0.2, -0.15) is 0 Å². The summed E-state index contributed by atoms with van der Waals surface area (Å²) in [4.78, 5) is 82.5. The molecule has 2 amide bonds. The molecule has 0 N–H and O–H groups in total. The number of benzene rings is 3. The van der Waals surface area contributed by atoms with E-state index in [2.05, 4.69) is 61.7 Å². The number of methoxy groups -OCH3 is 2. The minimum absolute atomic E-state index is 0.00638. The second-order valence-electron chi connectivity index (χ2n) is 19.6. The van der Waals surface area contributed by atoms with Crippen molar-refractivity contribution in [1.82, 2.24) is 14.4 Å². The second kappa shape index (κ2) is 21.0. The molecule has 0 unspecified atom stereocenters. The molecule has 0 spiro atoms. The zero-order valence-corrected chi connectivity index (χ0v) is 39.7. The molecule has 0 radical (unpaired) electrons. The van der Waals surface area contributed by atoms with Crippen molar-refractivity contribution in [3.05, 3.63) is 102 Å². The van der Waals surface area contributed by atoms with Crippen molar-refractivity contribution in [3.8, 4) is 28.2 Å². The van der Waals surface area contributed by atoms with Crippen LogP contribution in [0.4, 0.5) is 0 Å². The van der Waals surface area contributed by atoms with Crippen LogP contribution in [0.3, 0.4) is 0 Å². The lowest BCUT2D eigenvalue weighted by Crippen LogP contribution is -2.45. The lowest BCUT2D eigenvalue weighted by Gasteiger charge is -2.29.